The van der Waals surface area contributed by atoms with Gasteiger partial charge in [-0.1, -0.05) is 42.4 Å². The third-order valence-electron chi connectivity index (χ3n) is 0.737. The first-order valence-corrected chi connectivity index (χ1v) is 10.4. The van der Waals surface area contributed by atoms with E-state index in [1.165, 1.54) is 23.7 Å². The van der Waals surface area contributed by atoms with Crippen molar-refractivity contribution >= 4 is 59.8 Å². The Labute approximate surface area is 89.0 Å². The summed E-state index contributed by atoms with van der Waals surface area (Å²) < 4.78 is 1.32. The number of alkyl halides is 1. The summed E-state index contributed by atoms with van der Waals surface area (Å²) in [5.74, 6) is 0. The van der Waals surface area contributed by atoms with E-state index in [-0.39, 0.29) is 0 Å². The third-order valence-corrected chi connectivity index (χ3v) is 1.50. The summed E-state index contributed by atoms with van der Waals surface area (Å²) in [5, 5.41) is 0. The van der Waals surface area contributed by atoms with Crippen molar-refractivity contribution in [2.45, 2.75) is 26.2 Å². The number of hydrogen-bond acceptors (Lipinski definition) is 0. The predicted molar refractivity (Wildman–Crippen MR) is 66.5 cm³/mol. The summed E-state index contributed by atoms with van der Waals surface area (Å²) >= 11 is 6.65. The second-order valence-electron chi connectivity index (χ2n) is 1.40. The molecule has 0 aromatic rings. The van der Waals surface area contributed by atoms with Crippen LogP contribution in [0.3, 0.4) is 0 Å². The molecule has 0 radical (unpaired) electrons. The lowest BCUT2D eigenvalue weighted by atomic mass is 10.3. The average molecular weight is 452 g/mol. The van der Waals surface area contributed by atoms with Gasteiger partial charge in [-0.3, -0.25) is 0 Å². The molecule has 0 saturated heterocycles. The molecule has 0 fully saturated rings. The lowest BCUT2D eigenvalue weighted by Gasteiger charge is -1.85. The highest BCUT2D eigenvalue weighted by molar-refractivity contribution is 15.0. The Morgan fingerprint density at radius 1 is 1.12 bits per heavy atom. The number of unbranched alkanes of at least 4 members (excludes halogenated alkanes) is 2. The monoisotopic (exact) mass is 452 g/mol. The SMILES string of the molecule is CCCCCI.II. The van der Waals surface area contributed by atoms with Crippen molar-refractivity contribution in [3.05, 3.63) is 0 Å². The maximum absolute atomic E-state index is 2.41. The fourth-order valence-electron chi connectivity index (χ4n) is 0.344. The van der Waals surface area contributed by atoms with Crippen molar-refractivity contribution in [1.29, 1.82) is 0 Å². The first-order chi connectivity index (χ1) is 3.91. The van der Waals surface area contributed by atoms with Gasteiger partial charge in [0, 0.05) is 37.2 Å². The van der Waals surface area contributed by atoms with Gasteiger partial charge in [0.15, 0.2) is 0 Å². The van der Waals surface area contributed by atoms with Crippen LogP contribution in [0.2, 0.25) is 0 Å². The lowest BCUT2D eigenvalue weighted by Crippen LogP contribution is -1.70. The minimum absolute atomic E-state index is 1.32. The van der Waals surface area contributed by atoms with Crippen molar-refractivity contribution in [2.24, 2.45) is 0 Å². The van der Waals surface area contributed by atoms with E-state index >= 15 is 0 Å². The lowest BCUT2D eigenvalue weighted by molar-refractivity contribution is 0.785. The summed E-state index contributed by atoms with van der Waals surface area (Å²) in [5.41, 5.74) is 0. The zero-order chi connectivity index (χ0) is 6.83. The van der Waals surface area contributed by atoms with Crippen LogP contribution in [0.4, 0.5) is 0 Å². The molecule has 0 saturated carbocycles. The van der Waals surface area contributed by atoms with Gasteiger partial charge in [-0.15, -0.1) is 0 Å². The molecule has 0 bridgehead atoms. The molecule has 0 aromatic heterocycles. The summed E-state index contributed by atoms with van der Waals surface area (Å²) in [6.45, 7) is 2.23. The van der Waals surface area contributed by atoms with Crippen molar-refractivity contribution < 1.29 is 0 Å². The van der Waals surface area contributed by atoms with Gasteiger partial charge in [-0.05, 0) is 10.8 Å². The standard InChI is InChI=1S/C5H11I.I2/c1-2-3-4-5-6;1-2/h2-5H2,1H3;. The first kappa shape index (κ1) is 12.8. The number of hydrogen-bond donors (Lipinski definition) is 0. The van der Waals surface area contributed by atoms with Gasteiger partial charge in [-0.2, -0.15) is 0 Å². The maximum Gasteiger partial charge on any atom is 0 e. The van der Waals surface area contributed by atoms with Gasteiger partial charge in [0.25, 0.3) is 0 Å². The second-order valence-corrected chi connectivity index (χ2v) is 2.47. The van der Waals surface area contributed by atoms with E-state index in [1.54, 1.807) is 0 Å². The van der Waals surface area contributed by atoms with E-state index in [0.29, 0.717) is 0 Å². The van der Waals surface area contributed by atoms with Crippen molar-refractivity contribution in [3.63, 3.8) is 0 Å². The second kappa shape index (κ2) is 16.1. The Morgan fingerprint density at radius 3 is 1.75 bits per heavy atom. The van der Waals surface area contributed by atoms with Crippen LogP contribution in [0, 0.1) is 0 Å². The Balaban J connectivity index is 0. The topological polar surface area (TPSA) is 0 Å². The van der Waals surface area contributed by atoms with Crippen LogP contribution in [0.25, 0.3) is 0 Å². The van der Waals surface area contributed by atoms with Crippen LogP contribution >= 0.6 is 59.8 Å². The number of rotatable bonds is 3. The molecule has 0 aliphatic carbocycles. The summed E-state index contributed by atoms with van der Waals surface area (Å²) in [6, 6.07) is 0. The Kier molecular flexibility index (Phi) is 25.8. The van der Waals surface area contributed by atoms with Crippen LogP contribution in [-0.4, -0.2) is 4.43 Å². The van der Waals surface area contributed by atoms with Crippen molar-refractivity contribution in [2.75, 3.05) is 4.43 Å². The molecule has 0 aromatic carbocycles. The van der Waals surface area contributed by atoms with E-state index in [2.05, 4.69) is 66.7 Å². The van der Waals surface area contributed by atoms with E-state index in [9.17, 15) is 0 Å². The number of halogens is 3. The molecule has 52 valence electrons. The summed E-state index contributed by atoms with van der Waals surface area (Å²) in [6.07, 6.45) is 4.16. The molecule has 0 spiro atoms. The highest BCUT2D eigenvalue weighted by atomic mass is 128. The van der Waals surface area contributed by atoms with Crippen molar-refractivity contribution in [1.82, 2.24) is 0 Å². The quantitative estimate of drug-likeness (QED) is 0.339. The zero-order valence-electron chi connectivity index (χ0n) is 4.96. The van der Waals surface area contributed by atoms with Crippen molar-refractivity contribution in [3.8, 4) is 0 Å². The minimum atomic E-state index is 1.32. The fourth-order valence-corrected chi connectivity index (χ4v) is 0.884. The molecule has 0 aliphatic rings. The molecule has 0 unspecified atom stereocenters. The molecule has 3 heteroatoms. The highest BCUT2D eigenvalue weighted by Crippen LogP contribution is 1.96. The smallest absolute Gasteiger partial charge is 0 e. The molecular formula is C5H11I3. The van der Waals surface area contributed by atoms with E-state index in [1.807, 2.05) is 0 Å². The van der Waals surface area contributed by atoms with Crippen LogP contribution < -0.4 is 0 Å². The molecular weight excluding hydrogens is 441 g/mol. The molecule has 0 atom stereocenters. The normalized spacial score (nSPS) is 7.50. The fraction of sp³-hybridized carbons (Fsp3) is 1.00. The molecule has 0 nitrogen and oxygen atoms in total. The van der Waals surface area contributed by atoms with Crippen LogP contribution in [0.5, 0.6) is 0 Å². The molecule has 0 amide bonds. The molecule has 0 N–H and O–H groups in total. The predicted octanol–water partition coefficient (Wildman–Crippen LogP) is 4.38. The average Bonchev–Trinajstić information content (AvgIpc) is 1.88. The van der Waals surface area contributed by atoms with E-state index in [4.69, 9.17) is 0 Å². The van der Waals surface area contributed by atoms with Gasteiger partial charge >= 0.3 is 0 Å². The molecule has 8 heavy (non-hydrogen) atoms. The van der Waals surface area contributed by atoms with E-state index in [0.717, 1.165) is 0 Å². The van der Waals surface area contributed by atoms with Gasteiger partial charge < -0.3 is 0 Å². The van der Waals surface area contributed by atoms with Gasteiger partial charge in [0.1, 0.15) is 0 Å². The summed E-state index contributed by atoms with van der Waals surface area (Å²) in [7, 11) is 0. The van der Waals surface area contributed by atoms with Gasteiger partial charge in [-0.25, -0.2) is 0 Å². The highest BCUT2D eigenvalue weighted by Gasteiger charge is 1.76. The van der Waals surface area contributed by atoms with Gasteiger partial charge in [0.05, 0.1) is 0 Å². The summed E-state index contributed by atoms with van der Waals surface area (Å²) in [4.78, 5) is 0. The Hall–Kier alpha value is 2.19. The molecule has 0 aliphatic heterocycles. The van der Waals surface area contributed by atoms with Crippen LogP contribution in [0.15, 0.2) is 0 Å². The minimum Gasteiger partial charge on any atom is -0.0864 e. The Morgan fingerprint density at radius 2 is 1.62 bits per heavy atom. The molecule has 0 heterocycles. The van der Waals surface area contributed by atoms with Crippen LogP contribution in [-0.2, 0) is 0 Å². The Bertz CT molecular complexity index is 19.6. The third kappa shape index (κ3) is 15.7. The van der Waals surface area contributed by atoms with E-state index < -0.39 is 0 Å². The largest absolute Gasteiger partial charge is 0.0864 e. The van der Waals surface area contributed by atoms with Gasteiger partial charge in [0.2, 0.25) is 0 Å². The maximum atomic E-state index is 2.41. The molecule has 0 rings (SSSR count). The zero-order valence-corrected chi connectivity index (χ0v) is 11.4. The van der Waals surface area contributed by atoms with Crippen LogP contribution in [0.1, 0.15) is 26.2 Å². The first-order valence-electron chi connectivity index (χ1n) is 2.62.